The van der Waals surface area contributed by atoms with E-state index in [2.05, 4.69) is 9.86 Å². The zero-order valence-corrected chi connectivity index (χ0v) is 7.76. The maximum atomic E-state index is 10.3. The molecular formula is C5H14N2O4S. The van der Waals surface area contributed by atoms with E-state index in [1.165, 1.54) is 0 Å². The second-order valence-electron chi connectivity index (χ2n) is 2.04. The van der Waals surface area contributed by atoms with Crippen molar-refractivity contribution in [3.63, 3.8) is 0 Å². The Hall–Kier alpha value is -0.210. The highest BCUT2D eigenvalue weighted by atomic mass is 32.2. The second-order valence-corrected chi connectivity index (χ2v) is 3.42. The second kappa shape index (κ2) is 6.32. The third-order valence-corrected chi connectivity index (χ3v) is 1.59. The molecule has 0 fully saturated rings. The Morgan fingerprint density at radius 3 is 2.50 bits per heavy atom. The summed E-state index contributed by atoms with van der Waals surface area (Å²) in [4.78, 5) is 0. The number of nitrogens with two attached hydrogens (primary N) is 1. The van der Waals surface area contributed by atoms with Crippen molar-refractivity contribution in [2.45, 2.75) is 0 Å². The summed E-state index contributed by atoms with van der Waals surface area (Å²) < 4.78 is 32.4. The molecule has 0 radical (unpaired) electrons. The van der Waals surface area contributed by atoms with Crippen LogP contribution in [0.15, 0.2) is 0 Å². The first-order valence-corrected chi connectivity index (χ1v) is 4.95. The van der Waals surface area contributed by atoms with Crippen molar-refractivity contribution in [1.29, 1.82) is 0 Å². The van der Waals surface area contributed by atoms with Crippen LogP contribution in [0.1, 0.15) is 0 Å². The van der Waals surface area contributed by atoms with Crippen LogP contribution in [-0.2, 0) is 19.7 Å². The zero-order chi connectivity index (χ0) is 9.45. The van der Waals surface area contributed by atoms with E-state index in [0.29, 0.717) is 19.8 Å². The molecule has 0 aliphatic heterocycles. The topological polar surface area (TPSA) is 90.7 Å². The van der Waals surface area contributed by atoms with Crippen molar-refractivity contribution in [3.8, 4) is 0 Å². The summed E-state index contributed by atoms with van der Waals surface area (Å²) in [5.74, 6) is 0. The summed E-state index contributed by atoms with van der Waals surface area (Å²) in [6, 6.07) is 0. The largest absolute Gasteiger partial charge is 0.382 e. The number of rotatable bonds is 7. The average Bonchev–Trinajstić information content (AvgIpc) is 1.94. The molecule has 0 rings (SSSR count). The lowest BCUT2D eigenvalue weighted by Crippen LogP contribution is -2.33. The molecule has 0 aliphatic carbocycles. The van der Waals surface area contributed by atoms with Crippen molar-refractivity contribution in [1.82, 2.24) is 4.72 Å². The molecule has 7 heteroatoms. The summed E-state index contributed by atoms with van der Waals surface area (Å²) in [5, 5.41) is 4.66. The third kappa shape index (κ3) is 9.79. The quantitative estimate of drug-likeness (QED) is 0.484. The van der Waals surface area contributed by atoms with E-state index >= 15 is 0 Å². The molecule has 0 aromatic heterocycles. The predicted molar refractivity (Wildman–Crippen MR) is 43.8 cm³/mol. The first-order valence-electron chi connectivity index (χ1n) is 3.40. The molecule has 0 atom stereocenters. The van der Waals surface area contributed by atoms with Gasteiger partial charge in [0.1, 0.15) is 0 Å². The summed E-state index contributed by atoms with van der Waals surface area (Å²) in [6.45, 7) is 1.42. The van der Waals surface area contributed by atoms with Gasteiger partial charge in [-0.3, -0.25) is 0 Å². The number of nitrogens with one attached hydrogen (secondary N) is 1. The van der Waals surface area contributed by atoms with Crippen molar-refractivity contribution in [3.05, 3.63) is 0 Å². The minimum Gasteiger partial charge on any atom is -0.382 e. The van der Waals surface area contributed by atoms with Gasteiger partial charge < -0.3 is 9.47 Å². The molecule has 12 heavy (non-hydrogen) atoms. The van der Waals surface area contributed by atoms with Crippen LogP contribution >= 0.6 is 0 Å². The molecule has 74 valence electrons. The van der Waals surface area contributed by atoms with Crippen LogP contribution in [0.5, 0.6) is 0 Å². The maximum absolute atomic E-state index is 10.3. The summed E-state index contributed by atoms with van der Waals surface area (Å²) in [7, 11) is -2.02. The van der Waals surface area contributed by atoms with Gasteiger partial charge in [-0.2, -0.15) is 8.42 Å². The lowest BCUT2D eigenvalue weighted by atomic mass is 10.7. The molecule has 0 unspecified atom stereocenters. The van der Waals surface area contributed by atoms with Crippen LogP contribution in [0.2, 0.25) is 0 Å². The minimum atomic E-state index is -3.58. The zero-order valence-electron chi connectivity index (χ0n) is 6.95. The van der Waals surface area contributed by atoms with Gasteiger partial charge in [0.25, 0.3) is 10.2 Å². The van der Waals surface area contributed by atoms with Crippen LogP contribution in [0.3, 0.4) is 0 Å². The molecule has 0 heterocycles. The van der Waals surface area contributed by atoms with E-state index in [-0.39, 0.29) is 6.54 Å². The Bertz CT molecular complexity index is 192. The van der Waals surface area contributed by atoms with E-state index in [1.54, 1.807) is 7.11 Å². The molecule has 0 aromatic rings. The average molecular weight is 198 g/mol. The fraction of sp³-hybridized carbons (Fsp3) is 1.00. The highest BCUT2D eigenvalue weighted by Crippen LogP contribution is 1.75. The van der Waals surface area contributed by atoms with Gasteiger partial charge in [0.15, 0.2) is 0 Å². The van der Waals surface area contributed by atoms with E-state index in [4.69, 9.17) is 9.47 Å². The molecule has 0 bridgehead atoms. The van der Waals surface area contributed by atoms with Crippen molar-refractivity contribution >= 4 is 10.2 Å². The molecule has 3 N–H and O–H groups in total. The number of hydrogen-bond acceptors (Lipinski definition) is 4. The lowest BCUT2D eigenvalue weighted by molar-refractivity contribution is 0.0736. The molecular weight excluding hydrogens is 184 g/mol. The van der Waals surface area contributed by atoms with Gasteiger partial charge in [0.05, 0.1) is 19.8 Å². The van der Waals surface area contributed by atoms with Crippen molar-refractivity contribution in [2.75, 3.05) is 33.5 Å². The lowest BCUT2D eigenvalue weighted by Gasteiger charge is -2.03. The SMILES string of the molecule is COCCOCCNS(N)(=O)=O. The van der Waals surface area contributed by atoms with Gasteiger partial charge in [-0.05, 0) is 0 Å². The maximum Gasteiger partial charge on any atom is 0.274 e. The Morgan fingerprint density at radius 2 is 2.00 bits per heavy atom. The Kier molecular flexibility index (Phi) is 6.21. The smallest absolute Gasteiger partial charge is 0.274 e. The minimum absolute atomic E-state index is 0.183. The van der Waals surface area contributed by atoms with E-state index in [1.807, 2.05) is 0 Å². The summed E-state index contributed by atoms with van der Waals surface area (Å²) in [5.41, 5.74) is 0. The fourth-order valence-corrected chi connectivity index (χ4v) is 0.868. The van der Waals surface area contributed by atoms with Crippen LogP contribution < -0.4 is 9.86 Å². The number of methoxy groups -OCH3 is 1. The Balaban J connectivity index is 3.12. The van der Waals surface area contributed by atoms with E-state index in [9.17, 15) is 8.42 Å². The van der Waals surface area contributed by atoms with Crippen LogP contribution in [0.25, 0.3) is 0 Å². The fourth-order valence-electron chi connectivity index (χ4n) is 0.500. The van der Waals surface area contributed by atoms with Gasteiger partial charge in [-0.1, -0.05) is 0 Å². The number of hydrogen-bond donors (Lipinski definition) is 2. The van der Waals surface area contributed by atoms with E-state index < -0.39 is 10.2 Å². The first kappa shape index (κ1) is 11.8. The molecule has 0 aliphatic rings. The summed E-state index contributed by atoms with van der Waals surface area (Å²) in [6.07, 6.45) is 0. The van der Waals surface area contributed by atoms with E-state index in [0.717, 1.165) is 0 Å². The molecule has 0 aromatic carbocycles. The van der Waals surface area contributed by atoms with Crippen LogP contribution in [0.4, 0.5) is 0 Å². The first-order chi connectivity index (χ1) is 5.56. The molecule has 0 spiro atoms. The van der Waals surface area contributed by atoms with Crippen LogP contribution in [-0.4, -0.2) is 41.9 Å². The van der Waals surface area contributed by atoms with Gasteiger partial charge in [0, 0.05) is 13.7 Å². The predicted octanol–water partition coefficient (Wildman–Crippen LogP) is -1.56. The van der Waals surface area contributed by atoms with Crippen LogP contribution in [0, 0.1) is 0 Å². The summed E-state index contributed by atoms with van der Waals surface area (Å²) >= 11 is 0. The normalized spacial score (nSPS) is 11.8. The third-order valence-electron chi connectivity index (χ3n) is 0.981. The number of ether oxygens (including phenoxy) is 2. The van der Waals surface area contributed by atoms with Gasteiger partial charge >= 0.3 is 0 Å². The van der Waals surface area contributed by atoms with Gasteiger partial charge in [-0.15, -0.1) is 0 Å². The van der Waals surface area contributed by atoms with Crippen molar-refractivity contribution in [2.24, 2.45) is 5.14 Å². The monoisotopic (exact) mass is 198 g/mol. The molecule has 0 amide bonds. The highest BCUT2D eigenvalue weighted by Gasteiger charge is 1.98. The van der Waals surface area contributed by atoms with Crippen molar-refractivity contribution < 1.29 is 17.9 Å². The molecule has 6 nitrogen and oxygen atoms in total. The van der Waals surface area contributed by atoms with Gasteiger partial charge in [0.2, 0.25) is 0 Å². The Labute approximate surface area is 72.2 Å². The molecule has 0 saturated heterocycles. The highest BCUT2D eigenvalue weighted by molar-refractivity contribution is 7.87. The standard InChI is InChI=1S/C5H14N2O4S/c1-10-4-5-11-3-2-7-12(6,8)9/h7H,2-5H2,1H3,(H2,6,8,9). The molecule has 0 saturated carbocycles. The Morgan fingerprint density at radius 1 is 1.33 bits per heavy atom. The van der Waals surface area contributed by atoms with Gasteiger partial charge in [-0.25, -0.2) is 9.86 Å².